The van der Waals surface area contributed by atoms with Crippen LogP contribution < -0.4 is 5.32 Å². The molecule has 0 radical (unpaired) electrons. The van der Waals surface area contributed by atoms with Crippen molar-refractivity contribution in [3.63, 3.8) is 0 Å². The van der Waals surface area contributed by atoms with Crippen LogP contribution in [-0.2, 0) is 4.74 Å². The van der Waals surface area contributed by atoms with E-state index >= 15 is 0 Å². The van der Waals surface area contributed by atoms with Gasteiger partial charge in [-0.3, -0.25) is 0 Å². The van der Waals surface area contributed by atoms with Crippen LogP contribution in [0.25, 0.3) is 0 Å². The lowest BCUT2D eigenvalue weighted by Gasteiger charge is -2.16. The van der Waals surface area contributed by atoms with Gasteiger partial charge in [0.1, 0.15) is 5.82 Å². The SMILES string of the molecule is CC1OCCC1Nc1ncc(F)cc1F. The maximum atomic E-state index is 13.2. The van der Waals surface area contributed by atoms with Gasteiger partial charge in [0.15, 0.2) is 11.6 Å². The van der Waals surface area contributed by atoms with Crippen molar-refractivity contribution in [1.29, 1.82) is 0 Å². The molecular weight excluding hydrogens is 202 g/mol. The van der Waals surface area contributed by atoms with Crippen LogP contribution in [-0.4, -0.2) is 23.7 Å². The monoisotopic (exact) mass is 214 g/mol. The Labute approximate surface area is 86.5 Å². The van der Waals surface area contributed by atoms with Crippen molar-refractivity contribution in [2.45, 2.75) is 25.5 Å². The molecule has 5 heteroatoms. The molecule has 1 aromatic rings. The van der Waals surface area contributed by atoms with Crippen molar-refractivity contribution >= 4 is 5.82 Å². The Kier molecular flexibility index (Phi) is 2.81. The Morgan fingerprint density at radius 1 is 1.53 bits per heavy atom. The average molecular weight is 214 g/mol. The second-order valence-electron chi connectivity index (χ2n) is 3.60. The van der Waals surface area contributed by atoms with E-state index in [0.29, 0.717) is 6.61 Å². The number of rotatable bonds is 2. The number of nitrogens with zero attached hydrogens (tertiary/aromatic N) is 1. The molecule has 0 bridgehead atoms. The lowest BCUT2D eigenvalue weighted by molar-refractivity contribution is 0.121. The fourth-order valence-corrected chi connectivity index (χ4v) is 1.62. The van der Waals surface area contributed by atoms with Crippen LogP contribution in [0.15, 0.2) is 12.3 Å². The van der Waals surface area contributed by atoms with E-state index in [1.807, 2.05) is 6.92 Å². The van der Waals surface area contributed by atoms with Crippen LogP contribution in [0.2, 0.25) is 0 Å². The van der Waals surface area contributed by atoms with Crippen LogP contribution in [0, 0.1) is 11.6 Å². The minimum Gasteiger partial charge on any atom is -0.376 e. The van der Waals surface area contributed by atoms with Gasteiger partial charge < -0.3 is 10.1 Å². The third-order valence-corrected chi connectivity index (χ3v) is 2.51. The molecule has 1 N–H and O–H groups in total. The maximum Gasteiger partial charge on any atom is 0.168 e. The maximum absolute atomic E-state index is 13.2. The fraction of sp³-hybridized carbons (Fsp3) is 0.500. The molecule has 2 rings (SSSR count). The molecular formula is C10H12F2N2O. The molecule has 15 heavy (non-hydrogen) atoms. The number of pyridine rings is 1. The highest BCUT2D eigenvalue weighted by molar-refractivity contribution is 5.37. The number of ether oxygens (including phenoxy) is 1. The topological polar surface area (TPSA) is 34.1 Å². The van der Waals surface area contributed by atoms with Gasteiger partial charge in [0.25, 0.3) is 0 Å². The Hall–Kier alpha value is -1.23. The van der Waals surface area contributed by atoms with E-state index < -0.39 is 11.6 Å². The number of anilines is 1. The summed E-state index contributed by atoms with van der Waals surface area (Å²) in [6.45, 7) is 2.56. The predicted molar refractivity (Wildman–Crippen MR) is 51.6 cm³/mol. The van der Waals surface area contributed by atoms with Gasteiger partial charge in [0.2, 0.25) is 0 Å². The summed E-state index contributed by atoms with van der Waals surface area (Å²) >= 11 is 0. The van der Waals surface area contributed by atoms with E-state index in [2.05, 4.69) is 10.3 Å². The number of halogens is 2. The molecule has 0 saturated carbocycles. The van der Waals surface area contributed by atoms with Crippen LogP contribution in [0.5, 0.6) is 0 Å². The van der Waals surface area contributed by atoms with Gasteiger partial charge in [-0.2, -0.15) is 0 Å². The Bertz CT molecular complexity index is 359. The van der Waals surface area contributed by atoms with Crippen molar-refractivity contribution < 1.29 is 13.5 Å². The summed E-state index contributed by atoms with van der Waals surface area (Å²) in [6.07, 6.45) is 1.82. The van der Waals surface area contributed by atoms with Gasteiger partial charge in [-0.15, -0.1) is 0 Å². The first kappa shape index (κ1) is 10.3. The molecule has 3 nitrogen and oxygen atoms in total. The largest absolute Gasteiger partial charge is 0.376 e. The Balaban J connectivity index is 2.10. The van der Waals surface area contributed by atoms with Gasteiger partial charge in [0, 0.05) is 12.7 Å². The van der Waals surface area contributed by atoms with Gasteiger partial charge in [0.05, 0.1) is 18.3 Å². The zero-order chi connectivity index (χ0) is 10.8. The van der Waals surface area contributed by atoms with Crippen LogP contribution in [0.4, 0.5) is 14.6 Å². The average Bonchev–Trinajstić information content (AvgIpc) is 2.57. The summed E-state index contributed by atoms with van der Waals surface area (Å²) in [5.41, 5.74) is 0. The van der Waals surface area contributed by atoms with Gasteiger partial charge in [-0.25, -0.2) is 13.8 Å². The minimum atomic E-state index is -0.672. The molecule has 0 aromatic carbocycles. The quantitative estimate of drug-likeness (QED) is 0.817. The summed E-state index contributed by atoms with van der Waals surface area (Å²) in [6, 6.07) is 0.855. The van der Waals surface area contributed by atoms with Crippen molar-refractivity contribution in [3.05, 3.63) is 23.9 Å². The molecule has 1 aliphatic heterocycles. The molecule has 1 saturated heterocycles. The van der Waals surface area contributed by atoms with E-state index in [1.165, 1.54) is 0 Å². The first-order valence-corrected chi connectivity index (χ1v) is 4.86. The fourth-order valence-electron chi connectivity index (χ4n) is 1.62. The van der Waals surface area contributed by atoms with E-state index in [4.69, 9.17) is 4.74 Å². The van der Waals surface area contributed by atoms with Crippen molar-refractivity contribution in [3.8, 4) is 0 Å². The van der Waals surface area contributed by atoms with Gasteiger partial charge in [-0.1, -0.05) is 0 Å². The van der Waals surface area contributed by atoms with Crippen molar-refractivity contribution in [2.24, 2.45) is 0 Å². The molecule has 1 aromatic heterocycles. The Morgan fingerprint density at radius 2 is 2.33 bits per heavy atom. The van der Waals surface area contributed by atoms with Crippen molar-refractivity contribution in [2.75, 3.05) is 11.9 Å². The van der Waals surface area contributed by atoms with Crippen LogP contribution in [0.3, 0.4) is 0 Å². The number of hydrogen-bond acceptors (Lipinski definition) is 3. The first-order chi connectivity index (χ1) is 7.16. The first-order valence-electron chi connectivity index (χ1n) is 4.86. The Morgan fingerprint density at radius 3 is 2.93 bits per heavy atom. The summed E-state index contributed by atoms with van der Waals surface area (Å²) in [5, 5.41) is 2.91. The lowest BCUT2D eigenvalue weighted by Crippen LogP contribution is -2.27. The molecule has 82 valence electrons. The zero-order valence-electron chi connectivity index (χ0n) is 8.34. The standard InChI is InChI=1S/C10H12F2N2O/c1-6-9(2-3-15-6)14-10-8(12)4-7(11)5-13-10/h4-6,9H,2-3H2,1H3,(H,13,14). The number of hydrogen-bond donors (Lipinski definition) is 1. The molecule has 2 unspecified atom stereocenters. The van der Waals surface area contributed by atoms with Crippen LogP contribution in [0.1, 0.15) is 13.3 Å². The highest BCUT2D eigenvalue weighted by atomic mass is 19.1. The molecule has 0 aliphatic carbocycles. The number of nitrogens with one attached hydrogen (secondary N) is 1. The molecule has 0 spiro atoms. The van der Waals surface area contributed by atoms with Crippen LogP contribution >= 0.6 is 0 Å². The summed E-state index contributed by atoms with van der Waals surface area (Å²) < 4.78 is 31.1. The van der Waals surface area contributed by atoms with E-state index in [1.54, 1.807) is 0 Å². The lowest BCUT2D eigenvalue weighted by atomic mass is 10.1. The van der Waals surface area contributed by atoms with E-state index in [-0.39, 0.29) is 18.0 Å². The number of aromatic nitrogens is 1. The second-order valence-corrected chi connectivity index (χ2v) is 3.60. The zero-order valence-corrected chi connectivity index (χ0v) is 8.34. The smallest absolute Gasteiger partial charge is 0.168 e. The minimum absolute atomic E-state index is 0.0243. The van der Waals surface area contributed by atoms with E-state index in [0.717, 1.165) is 18.7 Å². The van der Waals surface area contributed by atoms with Crippen molar-refractivity contribution in [1.82, 2.24) is 4.98 Å². The highest BCUT2D eigenvalue weighted by Crippen LogP contribution is 2.19. The third kappa shape index (κ3) is 2.23. The van der Waals surface area contributed by atoms with E-state index in [9.17, 15) is 8.78 Å². The molecule has 2 heterocycles. The van der Waals surface area contributed by atoms with Gasteiger partial charge in [-0.05, 0) is 13.3 Å². The summed E-state index contributed by atoms with van der Waals surface area (Å²) in [4.78, 5) is 3.66. The summed E-state index contributed by atoms with van der Waals surface area (Å²) in [5.74, 6) is -1.26. The second kappa shape index (κ2) is 4.10. The molecule has 1 aliphatic rings. The molecule has 2 atom stereocenters. The predicted octanol–water partition coefficient (Wildman–Crippen LogP) is 1.95. The molecule has 0 amide bonds. The third-order valence-electron chi connectivity index (χ3n) is 2.51. The normalized spacial score (nSPS) is 25.5. The summed E-state index contributed by atoms with van der Waals surface area (Å²) in [7, 11) is 0. The highest BCUT2D eigenvalue weighted by Gasteiger charge is 2.25. The van der Waals surface area contributed by atoms with Gasteiger partial charge >= 0.3 is 0 Å². The molecule has 1 fully saturated rings.